The third-order valence-corrected chi connectivity index (χ3v) is 3.44. The molecule has 2 heterocycles. The number of hydrogen-bond acceptors (Lipinski definition) is 4. The molecule has 0 aliphatic carbocycles. The van der Waals surface area contributed by atoms with Gasteiger partial charge in [-0.1, -0.05) is 5.16 Å². The standard InChI is InChI=1S/C14H18N4O3/c1-2-3-4-5-7-18-13(9-15-21)11-10-17(14(19)20)8-6-12(11)16-18/h9,21H,4-8,10H2,1H3,(H,19,20)/b15-9-. The Morgan fingerprint density at radius 1 is 1.57 bits per heavy atom. The van der Waals surface area contributed by atoms with Crippen LogP contribution in [0.5, 0.6) is 0 Å². The van der Waals surface area contributed by atoms with Crippen LogP contribution in [0.4, 0.5) is 4.79 Å². The van der Waals surface area contributed by atoms with Crippen molar-refractivity contribution in [3.8, 4) is 11.8 Å². The van der Waals surface area contributed by atoms with Crippen molar-refractivity contribution in [2.75, 3.05) is 6.54 Å². The van der Waals surface area contributed by atoms with E-state index in [-0.39, 0.29) is 6.54 Å². The summed E-state index contributed by atoms with van der Waals surface area (Å²) in [4.78, 5) is 12.4. The molecule has 0 atom stereocenters. The van der Waals surface area contributed by atoms with E-state index in [4.69, 9.17) is 10.3 Å². The number of unbranched alkanes of at least 4 members (excludes halogenated alkanes) is 1. The third kappa shape index (κ3) is 3.34. The Morgan fingerprint density at radius 2 is 2.38 bits per heavy atom. The van der Waals surface area contributed by atoms with E-state index in [2.05, 4.69) is 22.1 Å². The van der Waals surface area contributed by atoms with Crippen LogP contribution in [0.25, 0.3) is 0 Å². The zero-order valence-electron chi connectivity index (χ0n) is 11.9. The van der Waals surface area contributed by atoms with Gasteiger partial charge >= 0.3 is 6.09 Å². The maximum absolute atomic E-state index is 11.1. The Bertz CT molecular complexity index is 610. The summed E-state index contributed by atoms with van der Waals surface area (Å²) in [5.74, 6) is 5.84. The van der Waals surface area contributed by atoms with Gasteiger partial charge in [0.25, 0.3) is 0 Å². The molecule has 1 aromatic heterocycles. The molecule has 7 nitrogen and oxygen atoms in total. The number of carboxylic acid groups (broad SMARTS) is 1. The molecule has 21 heavy (non-hydrogen) atoms. The van der Waals surface area contributed by atoms with Gasteiger partial charge in [0, 0.05) is 31.5 Å². The summed E-state index contributed by atoms with van der Waals surface area (Å²) in [6, 6.07) is 0. The second-order valence-electron chi connectivity index (χ2n) is 4.76. The number of amides is 1. The zero-order valence-corrected chi connectivity index (χ0v) is 11.9. The van der Waals surface area contributed by atoms with Gasteiger partial charge in [-0.2, -0.15) is 5.10 Å². The minimum Gasteiger partial charge on any atom is -0.465 e. The molecule has 0 aromatic carbocycles. The van der Waals surface area contributed by atoms with Crippen molar-refractivity contribution in [3.63, 3.8) is 0 Å². The molecule has 0 bridgehead atoms. The SMILES string of the molecule is CC#CCCCn1nc2c(c1/C=N\O)CN(C(=O)O)CC2. The first-order valence-corrected chi connectivity index (χ1v) is 6.80. The molecule has 0 fully saturated rings. The Hall–Kier alpha value is -2.49. The third-order valence-electron chi connectivity index (χ3n) is 3.44. The van der Waals surface area contributed by atoms with Gasteiger partial charge in [-0.05, 0) is 13.3 Å². The molecule has 1 aliphatic rings. The molecule has 112 valence electrons. The highest BCUT2D eigenvalue weighted by Gasteiger charge is 2.26. The van der Waals surface area contributed by atoms with Crippen molar-refractivity contribution < 1.29 is 15.1 Å². The lowest BCUT2D eigenvalue weighted by Crippen LogP contribution is -2.34. The van der Waals surface area contributed by atoms with Gasteiger partial charge in [0.15, 0.2) is 0 Å². The van der Waals surface area contributed by atoms with Crippen LogP contribution in [0, 0.1) is 11.8 Å². The second-order valence-corrected chi connectivity index (χ2v) is 4.76. The quantitative estimate of drug-likeness (QED) is 0.289. The van der Waals surface area contributed by atoms with Crippen molar-refractivity contribution in [2.24, 2.45) is 5.16 Å². The van der Waals surface area contributed by atoms with E-state index in [1.54, 1.807) is 11.6 Å². The number of carbonyl (C=O) groups is 1. The van der Waals surface area contributed by atoms with E-state index in [1.165, 1.54) is 11.1 Å². The van der Waals surface area contributed by atoms with E-state index in [1.807, 2.05) is 0 Å². The van der Waals surface area contributed by atoms with E-state index in [0.717, 1.165) is 24.1 Å². The molecule has 1 aliphatic heterocycles. The van der Waals surface area contributed by atoms with Gasteiger partial charge in [0.1, 0.15) is 0 Å². The number of oxime groups is 1. The first-order valence-electron chi connectivity index (χ1n) is 6.80. The maximum Gasteiger partial charge on any atom is 0.407 e. The van der Waals surface area contributed by atoms with Gasteiger partial charge in [-0.3, -0.25) is 4.68 Å². The predicted octanol–water partition coefficient (Wildman–Crippen LogP) is 1.53. The summed E-state index contributed by atoms with van der Waals surface area (Å²) in [6.45, 7) is 3.18. The monoisotopic (exact) mass is 290 g/mol. The highest BCUT2D eigenvalue weighted by molar-refractivity contribution is 5.80. The Balaban J connectivity index is 2.22. The highest BCUT2D eigenvalue weighted by Crippen LogP contribution is 2.22. The van der Waals surface area contributed by atoms with Crippen LogP contribution < -0.4 is 0 Å². The molecule has 2 rings (SSSR count). The van der Waals surface area contributed by atoms with E-state index >= 15 is 0 Å². The van der Waals surface area contributed by atoms with Gasteiger partial charge in [0.05, 0.1) is 24.1 Å². The smallest absolute Gasteiger partial charge is 0.407 e. The minimum absolute atomic E-state index is 0.279. The molecule has 1 aromatic rings. The molecule has 0 unspecified atom stereocenters. The number of nitrogens with zero attached hydrogens (tertiary/aromatic N) is 4. The average molecular weight is 290 g/mol. The van der Waals surface area contributed by atoms with Crippen LogP contribution in [0.1, 0.15) is 36.7 Å². The summed E-state index contributed by atoms with van der Waals surface area (Å²) in [5.41, 5.74) is 2.37. The number of fused-ring (bicyclic) bond motifs is 1. The average Bonchev–Trinajstić information content (AvgIpc) is 2.81. The lowest BCUT2D eigenvalue weighted by atomic mass is 10.1. The van der Waals surface area contributed by atoms with E-state index in [0.29, 0.717) is 25.2 Å². The van der Waals surface area contributed by atoms with Crippen LogP contribution in [-0.2, 0) is 19.5 Å². The van der Waals surface area contributed by atoms with Gasteiger partial charge in [-0.15, -0.1) is 11.8 Å². The van der Waals surface area contributed by atoms with Crippen LogP contribution in [0.2, 0.25) is 0 Å². The van der Waals surface area contributed by atoms with E-state index < -0.39 is 6.09 Å². The maximum atomic E-state index is 11.1. The number of rotatable bonds is 4. The zero-order chi connectivity index (χ0) is 15.2. The Kier molecular flexibility index (Phi) is 4.82. The topological polar surface area (TPSA) is 91.0 Å². The molecule has 0 saturated heterocycles. The van der Waals surface area contributed by atoms with Crippen LogP contribution in [-0.4, -0.2) is 43.8 Å². The van der Waals surface area contributed by atoms with Crippen LogP contribution >= 0.6 is 0 Å². The van der Waals surface area contributed by atoms with Gasteiger partial charge < -0.3 is 15.2 Å². The Morgan fingerprint density at radius 3 is 3.05 bits per heavy atom. The number of hydrogen-bond donors (Lipinski definition) is 2. The molecule has 7 heteroatoms. The molecular formula is C14H18N4O3. The van der Waals surface area contributed by atoms with Gasteiger partial charge in [-0.25, -0.2) is 4.79 Å². The first kappa shape index (κ1) is 14.9. The fourth-order valence-corrected chi connectivity index (χ4v) is 2.42. The summed E-state index contributed by atoms with van der Waals surface area (Å²) < 4.78 is 1.77. The largest absolute Gasteiger partial charge is 0.465 e. The number of aromatic nitrogens is 2. The molecule has 2 N–H and O–H groups in total. The lowest BCUT2D eigenvalue weighted by molar-refractivity contribution is 0.140. The fourth-order valence-electron chi connectivity index (χ4n) is 2.42. The van der Waals surface area contributed by atoms with Crippen molar-refractivity contribution in [1.29, 1.82) is 0 Å². The predicted molar refractivity (Wildman–Crippen MR) is 76.4 cm³/mol. The fraction of sp³-hybridized carbons (Fsp3) is 0.500. The van der Waals surface area contributed by atoms with Gasteiger partial charge in [0.2, 0.25) is 0 Å². The van der Waals surface area contributed by atoms with Crippen molar-refractivity contribution >= 4 is 12.3 Å². The molecule has 0 saturated carbocycles. The van der Waals surface area contributed by atoms with Crippen LogP contribution in [0.3, 0.4) is 0 Å². The molecule has 0 radical (unpaired) electrons. The van der Waals surface area contributed by atoms with Crippen molar-refractivity contribution in [1.82, 2.24) is 14.7 Å². The normalized spacial score (nSPS) is 13.9. The summed E-state index contributed by atoms with van der Waals surface area (Å²) in [5, 5.41) is 25.5. The minimum atomic E-state index is -0.946. The van der Waals surface area contributed by atoms with Crippen molar-refractivity contribution in [3.05, 3.63) is 17.0 Å². The first-order chi connectivity index (χ1) is 10.2. The van der Waals surface area contributed by atoms with E-state index in [9.17, 15) is 4.79 Å². The lowest BCUT2D eigenvalue weighted by Gasteiger charge is -2.23. The molecule has 0 spiro atoms. The second kappa shape index (κ2) is 6.79. The highest BCUT2D eigenvalue weighted by atomic mass is 16.4. The Labute approximate surface area is 122 Å². The van der Waals surface area contributed by atoms with Crippen molar-refractivity contribution in [2.45, 2.75) is 39.3 Å². The summed E-state index contributed by atoms with van der Waals surface area (Å²) >= 11 is 0. The number of aryl methyl sites for hydroxylation is 1. The van der Waals surface area contributed by atoms with Crippen LogP contribution in [0.15, 0.2) is 5.16 Å². The summed E-state index contributed by atoms with van der Waals surface area (Å²) in [7, 11) is 0. The summed E-state index contributed by atoms with van der Waals surface area (Å²) in [6.07, 6.45) is 2.57. The molecule has 1 amide bonds. The molecular weight excluding hydrogens is 272 g/mol.